The van der Waals surface area contributed by atoms with Gasteiger partial charge >= 0.3 is 0 Å². The van der Waals surface area contributed by atoms with E-state index in [2.05, 4.69) is 38.5 Å². The monoisotopic (exact) mass is 341 g/mol. The van der Waals surface area contributed by atoms with Gasteiger partial charge in [-0.3, -0.25) is 4.79 Å². The number of amides is 1. The van der Waals surface area contributed by atoms with Crippen molar-refractivity contribution < 1.29 is 4.79 Å². The summed E-state index contributed by atoms with van der Waals surface area (Å²) in [7, 11) is 1.77. The summed E-state index contributed by atoms with van der Waals surface area (Å²) in [5.41, 5.74) is 0.572. The summed E-state index contributed by atoms with van der Waals surface area (Å²) in [6.07, 6.45) is 7.58. The van der Waals surface area contributed by atoms with E-state index < -0.39 is 0 Å². The molecule has 0 fully saturated rings. The van der Waals surface area contributed by atoms with Crippen LogP contribution in [0.2, 0.25) is 0 Å². The first kappa shape index (κ1) is 17.0. The van der Waals surface area contributed by atoms with Crippen LogP contribution in [0, 0.1) is 0 Å². The Bertz CT molecular complexity index is 437. The average Bonchev–Trinajstić information content (AvgIpc) is 2.43. The van der Waals surface area contributed by atoms with E-state index in [0.29, 0.717) is 11.4 Å². The molecule has 1 rings (SSSR count). The van der Waals surface area contributed by atoms with E-state index in [-0.39, 0.29) is 11.9 Å². The van der Waals surface area contributed by atoms with Gasteiger partial charge in [0.1, 0.15) is 5.82 Å². The molecule has 1 atom stereocenters. The number of halogens is 1. The second kappa shape index (κ2) is 8.95. The quantitative estimate of drug-likeness (QED) is 0.703. The molecule has 112 valence electrons. The van der Waals surface area contributed by atoms with E-state index >= 15 is 0 Å². The molecule has 0 bridgehead atoms. The van der Waals surface area contributed by atoms with Gasteiger partial charge in [0, 0.05) is 23.8 Å². The summed E-state index contributed by atoms with van der Waals surface area (Å²) in [4.78, 5) is 16.5. The third kappa shape index (κ3) is 5.49. The van der Waals surface area contributed by atoms with Crippen LogP contribution in [0.4, 0.5) is 5.82 Å². The van der Waals surface area contributed by atoms with Crippen molar-refractivity contribution in [3.63, 3.8) is 0 Å². The fourth-order valence-corrected chi connectivity index (χ4v) is 2.39. The van der Waals surface area contributed by atoms with Gasteiger partial charge in [0.15, 0.2) is 0 Å². The average molecular weight is 342 g/mol. The van der Waals surface area contributed by atoms with E-state index in [1.165, 1.54) is 19.3 Å². The molecule has 2 N–H and O–H groups in total. The third-order valence-electron chi connectivity index (χ3n) is 3.20. The van der Waals surface area contributed by atoms with E-state index in [9.17, 15) is 4.79 Å². The Morgan fingerprint density at radius 3 is 2.80 bits per heavy atom. The highest BCUT2D eigenvalue weighted by atomic mass is 79.9. The summed E-state index contributed by atoms with van der Waals surface area (Å²) in [5.74, 6) is 0.523. The minimum atomic E-state index is -0.0776. The first-order valence-corrected chi connectivity index (χ1v) is 8.02. The molecule has 1 amide bonds. The number of aromatic nitrogens is 1. The topological polar surface area (TPSA) is 54.0 Å². The van der Waals surface area contributed by atoms with E-state index in [1.54, 1.807) is 19.3 Å². The number of carbonyl (C=O) groups is 1. The van der Waals surface area contributed by atoms with E-state index in [1.807, 2.05) is 6.92 Å². The van der Waals surface area contributed by atoms with Crippen LogP contribution < -0.4 is 10.6 Å². The second-order valence-corrected chi connectivity index (χ2v) is 5.94. The molecule has 0 spiro atoms. The number of nitrogens with zero attached hydrogens (tertiary/aromatic N) is 1. The molecule has 0 saturated heterocycles. The molecule has 1 aromatic rings. The highest BCUT2D eigenvalue weighted by Crippen LogP contribution is 2.18. The van der Waals surface area contributed by atoms with Crippen LogP contribution in [-0.4, -0.2) is 24.0 Å². The van der Waals surface area contributed by atoms with Gasteiger partial charge in [0.05, 0.1) is 5.56 Å². The number of nitrogens with one attached hydrogen (secondary N) is 2. The van der Waals surface area contributed by atoms with Crippen LogP contribution in [-0.2, 0) is 0 Å². The molecule has 1 aromatic heterocycles. The molecule has 0 aromatic carbocycles. The van der Waals surface area contributed by atoms with Crippen molar-refractivity contribution in [2.45, 2.75) is 52.0 Å². The molecule has 20 heavy (non-hydrogen) atoms. The zero-order valence-corrected chi connectivity index (χ0v) is 14.1. The molecule has 0 saturated carbocycles. The zero-order valence-electron chi connectivity index (χ0n) is 12.5. The summed E-state index contributed by atoms with van der Waals surface area (Å²) in [6.45, 7) is 4.25. The third-order valence-corrected chi connectivity index (χ3v) is 3.64. The molecule has 4 nitrogen and oxygen atoms in total. The predicted molar refractivity (Wildman–Crippen MR) is 87.2 cm³/mol. The fraction of sp³-hybridized carbons (Fsp3) is 0.600. The Morgan fingerprint density at radius 2 is 2.15 bits per heavy atom. The van der Waals surface area contributed by atoms with Crippen molar-refractivity contribution in [3.8, 4) is 0 Å². The summed E-state index contributed by atoms with van der Waals surface area (Å²) in [5, 5.41) is 5.98. The fourth-order valence-electron chi connectivity index (χ4n) is 2.06. The maximum atomic E-state index is 12.3. The molecule has 1 heterocycles. The first-order valence-electron chi connectivity index (χ1n) is 7.22. The predicted octanol–water partition coefficient (Wildman–Crippen LogP) is 3.97. The lowest BCUT2D eigenvalue weighted by atomic mass is 10.1. The number of hydrogen-bond donors (Lipinski definition) is 2. The van der Waals surface area contributed by atoms with Crippen molar-refractivity contribution in [2.24, 2.45) is 0 Å². The Kier molecular flexibility index (Phi) is 7.59. The summed E-state index contributed by atoms with van der Waals surface area (Å²) in [6, 6.07) is 1.97. The van der Waals surface area contributed by atoms with Gasteiger partial charge in [-0.05, 0) is 35.3 Å². The van der Waals surface area contributed by atoms with Crippen LogP contribution in [0.25, 0.3) is 0 Å². The van der Waals surface area contributed by atoms with Gasteiger partial charge in [0.2, 0.25) is 0 Å². The van der Waals surface area contributed by atoms with Gasteiger partial charge in [0.25, 0.3) is 5.91 Å². The lowest BCUT2D eigenvalue weighted by molar-refractivity contribution is 0.0938. The van der Waals surface area contributed by atoms with E-state index in [4.69, 9.17) is 0 Å². The number of rotatable bonds is 8. The van der Waals surface area contributed by atoms with Crippen molar-refractivity contribution in [1.29, 1.82) is 0 Å². The van der Waals surface area contributed by atoms with E-state index in [0.717, 1.165) is 17.3 Å². The standard InChI is InChI=1S/C15H24BrN3O/c1-4-5-6-7-8-11(2)19-15(20)13-9-12(16)10-18-14(13)17-3/h9-11H,4-8H2,1-3H3,(H,17,18)(H,19,20). The lowest BCUT2D eigenvalue weighted by Gasteiger charge is -2.15. The smallest absolute Gasteiger partial charge is 0.255 e. The Hall–Kier alpha value is -1.10. The van der Waals surface area contributed by atoms with Crippen LogP contribution in [0.5, 0.6) is 0 Å². The van der Waals surface area contributed by atoms with Crippen LogP contribution in [0.15, 0.2) is 16.7 Å². The molecule has 0 aliphatic heterocycles. The maximum absolute atomic E-state index is 12.3. The number of hydrogen-bond acceptors (Lipinski definition) is 3. The number of anilines is 1. The summed E-state index contributed by atoms with van der Waals surface area (Å²) < 4.78 is 0.803. The highest BCUT2D eigenvalue weighted by Gasteiger charge is 2.14. The minimum absolute atomic E-state index is 0.0776. The Labute approximate surface area is 129 Å². The number of pyridine rings is 1. The van der Waals surface area contributed by atoms with Gasteiger partial charge in [-0.15, -0.1) is 0 Å². The van der Waals surface area contributed by atoms with Crippen molar-refractivity contribution >= 4 is 27.7 Å². The largest absolute Gasteiger partial charge is 0.372 e. The normalized spacial score (nSPS) is 12.0. The Morgan fingerprint density at radius 1 is 1.40 bits per heavy atom. The molecule has 0 aliphatic rings. The molecule has 1 unspecified atom stereocenters. The maximum Gasteiger partial charge on any atom is 0.255 e. The van der Waals surface area contributed by atoms with Crippen molar-refractivity contribution in [2.75, 3.05) is 12.4 Å². The molecule has 5 heteroatoms. The minimum Gasteiger partial charge on any atom is -0.372 e. The molecule has 0 radical (unpaired) electrons. The zero-order chi connectivity index (χ0) is 15.0. The van der Waals surface area contributed by atoms with Crippen LogP contribution in [0.1, 0.15) is 56.3 Å². The SMILES string of the molecule is CCCCCCC(C)NC(=O)c1cc(Br)cnc1NC. The molecular formula is C15H24BrN3O. The first-order chi connectivity index (χ1) is 9.58. The molecule has 0 aliphatic carbocycles. The van der Waals surface area contributed by atoms with Gasteiger partial charge in [-0.25, -0.2) is 4.98 Å². The van der Waals surface area contributed by atoms with Crippen molar-refractivity contribution in [1.82, 2.24) is 10.3 Å². The van der Waals surface area contributed by atoms with Gasteiger partial charge in [-0.1, -0.05) is 32.6 Å². The van der Waals surface area contributed by atoms with Crippen LogP contribution in [0.3, 0.4) is 0 Å². The number of carbonyl (C=O) groups excluding carboxylic acids is 1. The highest BCUT2D eigenvalue weighted by molar-refractivity contribution is 9.10. The summed E-state index contributed by atoms with van der Waals surface area (Å²) >= 11 is 3.35. The second-order valence-electron chi connectivity index (χ2n) is 5.02. The van der Waals surface area contributed by atoms with Gasteiger partial charge < -0.3 is 10.6 Å². The molecular weight excluding hydrogens is 318 g/mol. The lowest BCUT2D eigenvalue weighted by Crippen LogP contribution is -2.33. The van der Waals surface area contributed by atoms with Crippen LogP contribution >= 0.6 is 15.9 Å². The number of unbranched alkanes of at least 4 members (excludes halogenated alkanes) is 3. The van der Waals surface area contributed by atoms with Crippen molar-refractivity contribution in [3.05, 3.63) is 22.3 Å². The van der Waals surface area contributed by atoms with Gasteiger partial charge in [-0.2, -0.15) is 0 Å². The Balaban J connectivity index is 2.55.